The van der Waals surface area contributed by atoms with Gasteiger partial charge in [0.05, 0.1) is 22.9 Å². The molecule has 31 heavy (non-hydrogen) atoms. The topological polar surface area (TPSA) is 73.5 Å². The van der Waals surface area contributed by atoms with Gasteiger partial charge in [0.15, 0.2) is 12.3 Å². The van der Waals surface area contributed by atoms with Crippen LogP contribution in [0.5, 0.6) is 5.88 Å². The fourth-order valence-corrected chi connectivity index (χ4v) is 3.07. The molecule has 0 saturated carbocycles. The molecule has 0 unspecified atom stereocenters. The maximum absolute atomic E-state index is 13.1. The minimum atomic E-state index is -4.68. The summed E-state index contributed by atoms with van der Waals surface area (Å²) in [6, 6.07) is 12.5. The van der Waals surface area contributed by atoms with Gasteiger partial charge in [0, 0.05) is 18.5 Å². The number of nitrogens with one attached hydrogen (secondary N) is 1. The molecule has 0 spiro atoms. The Balaban J connectivity index is 1.46. The number of rotatable bonds is 6. The van der Waals surface area contributed by atoms with E-state index in [1.54, 1.807) is 22.7 Å². The third kappa shape index (κ3) is 4.64. The van der Waals surface area contributed by atoms with Crippen LogP contribution in [0.3, 0.4) is 0 Å². The summed E-state index contributed by atoms with van der Waals surface area (Å²) in [5, 5.41) is 6.35. The van der Waals surface area contributed by atoms with Crippen LogP contribution in [0.2, 0.25) is 5.02 Å². The smallest absolute Gasteiger partial charge is 0.435 e. The van der Waals surface area contributed by atoms with Gasteiger partial charge in [-0.25, -0.2) is 4.98 Å². The number of imidazole rings is 1. The molecule has 0 aliphatic carbocycles. The van der Waals surface area contributed by atoms with Crippen LogP contribution >= 0.6 is 11.6 Å². The van der Waals surface area contributed by atoms with Gasteiger partial charge in [-0.3, -0.25) is 4.79 Å². The summed E-state index contributed by atoms with van der Waals surface area (Å²) in [5.74, 6) is -0.791. The highest BCUT2D eigenvalue weighted by Crippen LogP contribution is 2.33. The van der Waals surface area contributed by atoms with Gasteiger partial charge < -0.3 is 14.5 Å². The second kappa shape index (κ2) is 8.31. The Morgan fingerprint density at radius 1 is 1.16 bits per heavy atom. The molecule has 1 N–H and O–H groups in total. The number of alkyl halides is 3. The zero-order chi connectivity index (χ0) is 22.0. The third-order valence-corrected chi connectivity index (χ3v) is 4.60. The summed E-state index contributed by atoms with van der Waals surface area (Å²) < 4.78 is 47.5. The zero-order valence-electron chi connectivity index (χ0n) is 15.8. The number of nitrogens with zero attached hydrogens (tertiary/aromatic N) is 4. The molecule has 7 nitrogen and oxygen atoms in total. The molecule has 1 amide bonds. The first-order chi connectivity index (χ1) is 14.8. The Kier molecular flexibility index (Phi) is 5.55. The molecule has 160 valence electrons. The van der Waals surface area contributed by atoms with E-state index in [1.807, 2.05) is 24.4 Å². The van der Waals surface area contributed by atoms with Gasteiger partial charge in [-0.1, -0.05) is 29.8 Å². The molecule has 1 aromatic carbocycles. The van der Waals surface area contributed by atoms with E-state index in [0.717, 1.165) is 16.4 Å². The summed E-state index contributed by atoms with van der Waals surface area (Å²) in [6.45, 7) is -0.373. The van der Waals surface area contributed by atoms with E-state index in [2.05, 4.69) is 15.4 Å². The van der Waals surface area contributed by atoms with Gasteiger partial charge in [0.1, 0.15) is 5.65 Å². The standard InChI is InChI=1S/C20H15ClF3N5O2/c21-14-5-1-2-6-15(14)29-19(9-16(27-29)20(22,23)24)31-12-18(30)25-10-13-11-28-8-4-3-7-17(28)26-13/h1-9,11H,10,12H2,(H,25,30). The van der Waals surface area contributed by atoms with Crippen molar-refractivity contribution in [1.82, 2.24) is 24.5 Å². The van der Waals surface area contributed by atoms with E-state index < -0.39 is 24.4 Å². The highest BCUT2D eigenvalue weighted by Gasteiger charge is 2.36. The van der Waals surface area contributed by atoms with Crippen LogP contribution < -0.4 is 10.1 Å². The van der Waals surface area contributed by atoms with Gasteiger partial charge in [-0.05, 0) is 24.3 Å². The SMILES string of the molecule is O=C(COc1cc(C(F)(F)F)nn1-c1ccccc1Cl)NCc1cn2ccccc2n1. The molecule has 4 aromatic rings. The predicted molar refractivity (Wildman–Crippen MR) is 106 cm³/mol. The number of amides is 1. The van der Waals surface area contributed by atoms with Crippen LogP contribution in [0.4, 0.5) is 13.2 Å². The molecular formula is C20H15ClF3N5O2. The number of carbonyl (C=O) groups is 1. The van der Waals surface area contributed by atoms with Crippen molar-refractivity contribution in [1.29, 1.82) is 0 Å². The average molecular weight is 450 g/mol. The van der Waals surface area contributed by atoms with E-state index in [1.165, 1.54) is 12.1 Å². The van der Waals surface area contributed by atoms with Crippen molar-refractivity contribution >= 4 is 23.2 Å². The average Bonchev–Trinajstić information content (AvgIpc) is 3.35. The lowest BCUT2D eigenvalue weighted by Crippen LogP contribution is -2.28. The van der Waals surface area contributed by atoms with Crippen LogP contribution in [0, 0.1) is 0 Å². The van der Waals surface area contributed by atoms with E-state index in [-0.39, 0.29) is 23.1 Å². The minimum absolute atomic E-state index is 0.140. The van der Waals surface area contributed by atoms with Crippen LogP contribution in [-0.2, 0) is 17.5 Å². The largest absolute Gasteiger partial charge is 0.467 e. The van der Waals surface area contributed by atoms with E-state index in [4.69, 9.17) is 16.3 Å². The lowest BCUT2D eigenvalue weighted by molar-refractivity contribution is -0.141. The molecule has 0 fully saturated rings. The fourth-order valence-electron chi connectivity index (χ4n) is 2.85. The Bertz CT molecular complexity index is 1200. The maximum Gasteiger partial charge on any atom is 0.435 e. The summed E-state index contributed by atoms with van der Waals surface area (Å²) in [7, 11) is 0. The van der Waals surface area contributed by atoms with Gasteiger partial charge in [0.2, 0.25) is 5.88 Å². The number of fused-ring (bicyclic) bond motifs is 1. The molecule has 0 atom stereocenters. The first-order valence-corrected chi connectivity index (χ1v) is 9.43. The first kappa shape index (κ1) is 20.7. The molecule has 0 radical (unpaired) electrons. The van der Waals surface area contributed by atoms with Crippen molar-refractivity contribution in [2.24, 2.45) is 0 Å². The summed E-state index contributed by atoms with van der Waals surface area (Å²) >= 11 is 6.08. The Hall–Kier alpha value is -3.53. The zero-order valence-corrected chi connectivity index (χ0v) is 16.6. The summed E-state index contributed by atoms with van der Waals surface area (Å²) in [5.41, 5.74) is 0.388. The fraction of sp³-hybridized carbons (Fsp3) is 0.150. The monoisotopic (exact) mass is 449 g/mol. The van der Waals surface area contributed by atoms with Crippen LogP contribution in [-0.4, -0.2) is 31.7 Å². The van der Waals surface area contributed by atoms with Crippen molar-refractivity contribution in [3.63, 3.8) is 0 Å². The molecule has 0 bridgehead atoms. The number of hydrogen-bond donors (Lipinski definition) is 1. The van der Waals surface area contributed by atoms with Crippen LogP contribution in [0.25, 0.3) is 11.3 Å². The quantitative estimate of drug-likeness (QED) is 0.485. The molecule has 4 rings (SSSR count). The van der Waals surface area contributed by atoms with Gasteiger partial charge in [0.25, 0.3) is 5.91 Å². The Morgan fingerprint density at radius 2 is 1.94 bits per heavy atom. The Labute approximate surface area is 179 Å². The number of para-hydroxylation sites is 1. The van der Waals surface area contributed by atoms with Crippen molar-refractivity contribution < 1.29 is 22.7 Å². The number of halogens is 4. The molecule has 0 saturated heterocycles. The van der Waals surface area contributed by atoms with Crippen molar-refractivity contribution in [2.45, 2.75) is 12.7 Å². The second-order valence-corrected chi connectivity index (χ2v) is 6.90. The normalized spacial score (nSPS) is 11.6. The molecule has 3 aromatic heterocycles. The third-order valence-electron chi connectivity index (χ3n) is 4.28. The summed E-state index contributed by atoms with van der Waals surface area (Å²) in [6.07, 6.45) is -1.10. The highest BCUT2D eigenvalue weighted by atomic mass is 35.5. The van der Waals surface area contributed by atoms with Gasteiger partial charge >= 0.3 is 6.18 Å². The van der Waals surface area contributed by atoms with Crippen molar-refractivity contribution in [3.05, 3.63) is 77.3 Å². The van der Waals surface area contributed by atoms with Crippen molar-refractivity contribution in [3.8, 4) is 11.6 Å². The first-order valence-electron chi connectivity index (χ1n) is 9.05. The predicted octanol–water partition coefficient (Wildman–Crippen LogP) is 3.89. The lowest BCUT2D eigenvalue weighted by Gasteiger charge is -2.10. The molecule has 3 heterocycles. The molecule has 11 heteroatoms. The molecular weight excluding hydrogens is 435 g/mol. The highest BCUT2D eigenvalue weighted by molar-refractivity contribution is 6.32. The van der Waals surface area contributed by atoms with E-state index >= 15 is 0 Å². The van der Waals surface area contributed by atoms with E-state index in [0.29, 0.717) is 5.69 Å². The van der Waals surface area contributed by atoms with Gasteiger partial charge in [-0.2, -0.15) is 23.0 Å². The number of aromatic nitrogens is 4. The maximum atomic E-state index is 13.1. The van der Waals surface area contributed by atoms with Crippen LogP contribution in [0.15, 0.2) is 60.9 Å². The number of pyridine rings is 1. The Morgan fingerprint density at radius 3 is 2.68 bits per heavy atom. The molecule has 0 aliphatic rings. The van der Waals surface area contributed by atoms with Crippen molar-refractivity contribution in [2.75, 3.05) is 6.61 Å². The number of hydrogen-bond acceptors (Lipinski definition) is 4. The second-order valence-electron chi connectivity index (χ2n) is 6.49. The number of carbonyl (C=O) groups excluding carboxylic acids is 1. The number of benzene rings is 1. The summed E-state index contributed by atoms with van der Waals surface area (Å²) in [4.78, 5) is 16.5. The van der Waals surface area contributed by atoms with Gasteiger partial charge in [-0.15, -0.1) is 0 Å². The number of ether oxygens (including phenoxy) is 1. The van der Waals surface area contributed by atoms with Crippen LogP contribution in [0.1, 0.15) is 11.4 Å². The lowest BCUT2D eigenvalue weighted by atomic mass is 10.3. The minimum Gasteiger partial charge on any atom is -0.467 e. The van der Waals surface area contributed by atoms with E-state index in [9.17, 15) is 18.0 Å². The molecule has 0 aliphatic heterocycles.